The Bertz CT molecular complexity index is 618. The van der Waals surface area contributed by atoms with Crippen LogP contribution in [0.4, 0.5) is 8.78 Å². The first-order valence-corrected chi connectivity index (χ1v) is 9.00. The van der Waals surface area contributed by atoms with E-state index in [1.54, 1.807) is 25.1 Å². The molecule has 7 nitrogen and oxygen atoms in total. The van der Waals surface area contributed by atoms with Crippen LogP contribution in [0.25, 0.3) is 0 Å². The van der Waals surface area contributed by atoms with Crippen LogP contribution in [0, 0.1) is 0 Å². The second-order valence-corrected chi connectivity index (χ2v) is 5.45. The number of rotatable bonds is 11. The molecule has 1 aromatic carbocycles. The fraction of sp³-hybridized carbons (Fsp3) is 0.556. The van der Waals surface area contributed by atoms with Crippen molar-refractivity contribution >= 4 is 35.8 Å². The number of aliphatic imine (C=N–C) groups is 1. The van der Waals surface area contributed by atoms with E-state index in [2.05, 4.69) is 25.7 Å². The fourth-order valence-electron chi connectivity index (χ4n) is 2.17. The van der Waals surface area contributed by atoms with Crippen molar-refractivity contribution in [3.05, 3.63) is 23.8 Å². The molecule has 0 radical (unpaired) electrons. The van der Waals surface area contributed by atoms with Crippen LogP contribution in [0.15, 0.2) is 23.2 Å². The van der Waals surface area contributed by atoms with Gasteiger partial charge in [-0.3, -0.25) is 4.79 Å². The topological polar surface area (TPSA) is 84.0 Å². The molecule has 0 saturated heterocycles. The lowest BCUT2D eigenvalue weighted by Gasteiger charge is -2.15. The summed E-state index contributed by atoms with van der Waals surface area (Å²) in [4.78, 5) is 16.0. The summed E-state index contributed by atoms with van der Waals surface area (Å²) in [6.45, 7) is 4.29. The highest BCUT2D eigenvalue weighted by atomic mass is 127. The summed E-state index contributed by atoms with van der Waals surface area (Å²) in [6, 6.07) is 4.89. The lowest BCUT2D eigenvalue weighted by atomic mass is 10.2. The van der Waals surface area contributed by atoms with Gasteiger partial charge >= 0.3 is 6.61 Å². The smallest absolute Gasteiger partial charge is 0.387 e. The highest BCUT2D eigenvalue weighted by Crippen LogP contribution is 2.33. The SMILES string of the molecule is CCCNC(=O)CNC(=NCc1cccc(OCC)c1OC(F)F)NCC.I. The molecule has 0 heterocycles. The van der Waals surface area contributed by atoms with Gasteiger partial charge in [-0.2, -0.15) is 8.78 Å². The Kier molecular flexibility index (Phi) is 14.1. The van der Waals surface area contributed by atoms with E-state index < -0.39 is 6.61 Å². The largest absolute Gasteiger partial charge is 0.490 e. The van der Waals surface area contributed by atoms with Crippen molar-refractivity contribution in [2.24, 2.45) is 4.99 Å². The van der Waals surface area contributed by atoms with Gasteiger partial charge in [-0.05, 0) is 26.3 Å². The molecule has 0 atom stereocenters. The number of para-hydroxylation sites is 1. The Hall–Kier alpha value is -1.85. The maximum atomic E-state index is 12.8. The minimum atomic E-state index is -2.97. The molecule has 0 bridgehead atoms. The van der Waals surface area contributed by atoms with Gasteiger partial charge in [-0.1, -0.05) is 19.1 Å². The molecule has 0 aliphatic rings. The molecule has 3 N–H and O–H groups in total. The molecule has 0 spiro atoms. The van der Waals surface area contributed by atoms with Gasteiger partial charge in [0.25, 0.3) is 0 Å². The molecule has 0 unspecified atom stereocenters. The molecule has 1 aromatic rings. The normalized spacial score (nSPS) is 10.9. The average Bonchev–Trinajstić information content (AvgIpc) is 2.64. The highest BCUT2D eigenvalue weighted by Gasteiger charge is 2.15. The third kappa shape index (κ3) is 9.90. The summed E-state index contributed by atoms with van der Waals surface area (Å²) in [5.74, 6) is 0.452. The Morgan fingerprint density at radius 3 is 2.54 bits per heavy atom. The first-order chi connectivity index (χ1) is 13.0. The number of hydrogen-bond acceptors (Lipinski definition) is 4. The van der Waals surface area contributed by atoms with Crippen molar-refractivity contribution in [3.63, 3.8) is 0 Å². The molecule has 0 aliphatic heterocycles. The number of amides is 1. The van der Waals surface area contributed by atoms with E-state index in [9.17, 15) is 13.6 Å². The second kappa shape index (κ2) is 15.1. The van der Waals surface area contributed by atoms with Crippen molar-refractivity contribution in [2.45, 2.75) is 40.3 Å². The summed E-state index contributed by atoms with van der Waals surface area (Å²) >= 11 is 0. The maximum Gasteiger partial charge on any atom is 0.387 e. The molecule has 1 rings (SSSR count). The fourth-order valence-corrected chi connectivity index (χ4v) is 2.17. The van der Waals surface area contributed by atoms with Crippen molar-refractivity contribution in [1.29, 1.82) is 0 Å². The predicted molar refractivity (Wildman–Crippen MR) is 116 cm³/mol. The Balaban J connectivity index is 0.00000729. The zero-order chi connectivity index (χ0) is 20.1. The van der Waals surface area contributed by atoms with Crippen LogP contribution in [-0.4, -0.2) is 44.7 Å². The molecule has 1 amide bonds. The predicted octanol–water partition coefficient (Wildman–Crippen LogP) is 2.89. The van der Waals surface area contributed by atoms with E-state index in [-0.39, 0.29) is 54.5 Å². The minimum absolute atomic E-state index is 0. The third-order valence-corrected chi connectivity index (χ3v) is 3.31. The summed E-state index contributed by atoms with van der Waals surface area (Å²) < 4.78 is 35.5. The van der Waals surface area contributed by atoms with Crippen molar-refractivity contribution in [2.75, 3.05) is 26.2 Å². The maximum absolute atomic E-state index is 12.8. The van der Waals surface area contributed by atoms with Crippen molar-refractivity contribution in [3.8, 4) is 11.5 Å². The molecule has 0 aromatic heterocycles. The zero-order valence-corrected chi connectivity index (χ0v) is 18.7. The number of hydrogen-bond donors (Lipinski definition) is 3. The third-order valence-electron chi connectivity index (χ3n) is 3.31. The van der Waals surface area contributed by atoms with Crippen LogP contribution < -0.4 is 25.4 Å². The first kappa shape index (κ1) is 26.1. The lowest BCUT2D eigenvalue weighted by molar-refractivity contribution is -0.120. The van der Waals surface area contributed by atoms with E-state index in [0.29, 0.717) is 31.2 Å². The van der Waals surface area contributed by atoms with E-state index >= 15 is 0 Å². The van der Waals surface area contributed by atoms with Crippen molar-refractivity contribution < 1.29 is 23.0 Å². The van der Waals surface area contributed by atoms with E-state index in [1.807, 2.05) is 13.8 Å². The van der Waals surface area contributed by atoms with Crippen LogP contribution in [0.5, 0.6) is 11.5 Å². The standard InChI is InChI=1S/C18H28F2N4O3.HI/c1-4-10-22-15(25)12-24-18(21-5-2)23-11-13-8-7-9-14(26-6-3)16(13)27-17(19)20;/h7-9,17H,4-6,10-12H2,1-3H3,(H,22,25)(H2,21,23,24);1H. The van der Waals surface area contributed by atoms with Gasteiger partial charge in [0.05, 0.1) is 19.7 Å². The number of carbonyl (C=O) groups is 1. The van der Waals surface area contributed by atoms with Gasteiger partial charge in [-0.15, -0.1) is 24.0 Å². The first-order valence-electron chi connectivity index (χ1n) is 9.00. The molecule has 28 heavy (non-hydrogen) atoms. The summed E-state index contributed by atoms with van der Waals surface area (Å²) in [7, 11) is 0. The zero-order valence-electron chi connectivity index (χ0n) is 16.4. The van der Waals surface area contributed by atoms with Gasteiger partial charge in [-0.25, -0.2) is 4.99 Å². The summed E-state index contributed by atoms with van der Waals surface area (Å²) in [6.07, 6.45) is 0.850. The average molecular weight is 514 g/mol. The number of halogens is 3. The lowest BCUT2D eigenvalue weighted by Crippen LogP contribution is -2.43. The highest BCUT2D eigenvalue weighted by molar-refractivity contribution is 14.0. The minimum Gasteiger partial charge on any atom is -0.490 e. The number of ether oxygens (including phenoxy) is 2. The Morgan fingerprint density at radius 2 is 1.93 bits per heavy atom. The second-order valence-electron chi connectivity index (χ2n) is 5.45. The quantitative estimate of drug-likeness (QED) is 0.240. The Morgan fingerprint density at radius 1 is 1.18 bits per heavy atom. The van der Waals surface area contributed by atoms with Crippen LogP contribution in [0.1, 0.15) is 32.8 Å². The van der Waals surface area contributed by atoms with Gasteiger partial charge in [0.2, 0.25) is 5.91 Å². The molecule has 160 valence electrons. The number of carbonyl (C=O) groups excluding carboxylic acids is 1. The van der Waals surface area contributed by atoms with Crippen LogP contribution in [0.3, 0.4) is 0 Å². The van der Waals surface area contributed by atoms with Crippen molar-refractivity contribution in [1.82, 2.24) is 16.0 Å². The van der Waals surface area contributed by atoms with Gasteiger partial charge in [0.1, 0.15) is 0 Å². The van der Waals surface area contributed by atoms with Gasteiger partial charge < -0.3 is 25.4 Å². The van der Waals surface area contributed by atoms with E-state index in [1.165, 1.54) is 0 Å². The molecule has 10 heteroatoms. The summed E-state index contributed by atoms with van der Waals surface area (Å²) in [5, 5.41) is 8.66. The van der Waals surface area contributed by atoms with E-state index in [0.717, 1.165) is 6.42 Å². The molecular weight excluding hydrogens is 485 g/mol. The molecule has 0 aliphatic carbocycles. The number of nitrogens with one attached hydrogen (secondary N) is 3. The van der Waals surface area contributed by atoms with E-state index in [4.69, 9.17) is 4.74 Å². The van der Waals surface area contributed by atoms with Crippen LogP contribution >= 0.6 is 24.0 Å². The molecule has 0 fully saturated rings. The monoisotopic (exact) mass is 514 g/mol. The number of benzene rings is 1. The van der Waals surface area contributed by atoms with Crippen LogP contribution in [0.2, 0.25) is 0 Å². The molecule has 0 saturated carbocycles. The van der Waals surface area contributed by atoms with Gasteiger partial charge in [0.15, 0.2) is 17.5 Å². The molecular formula is C18H29F2IN4O3. The number of alkyl halides is 2. The number of nitrogens with zero attached hydrogens (tertiary/aromatic N) is 1. The number of guanidine groups is 1. The van der Waals surface area contributed by atoms with Gasteiger partial charge in [0, 0.05) is 18.7 Å². The Labute approximate surface area is 181 Å². The summed E-state index contributed by atoms with van der Waals surface area (Å²) in [5.41, 5.74) is 0.453. The van der Waals surface area contributed by atoms with Crippen LogP contribution in [-0.2, 0) is 11.3 Å².